The summed E-state index contributed by atoms with van der Waals surface area (Å²) < 4.78 is 4.55. The van der Waals surface area contributed by atoms with E-state index in [0.717, 1.165) is 25.3 Å². The molecule has 1 aliphatic carbocycles. The number of amides is 1. The molecule has 6 heteroatoms. The van der Waals surface area contributed by atoms with Gasteiger partial charge in [-0.1, -0.05) is 11.2 Å². The molecule has 102 valence electrons. The fourth-order valence-electron chi connectivity index (χ4n) is 2.33. The molecule has 0 spiro atoms. The summed E-state index contributed by atoms with van der Waals surface area (Å²) >= 11 is 0. The zero-order valence-corrected chi connectivity index (χ0v) is 10.5. The van der Waals surface area contributed by atoms with Gasteiger partial charge in [-0.15, -0.1) is 0 Å². The number of carboxylic acid groups (broad SMARTS) is 1. The van der Waals surface area contributed by atoms with Gasteiger partial charge in [0.05, 0.1) is 0 Å². The van der Waals surface area contributed by atoms with Gasteiger partial charge in [-0.05, 0) is 42.5 Å². The van der Waals surface area contributed by atoms with Gasteiger partial charge in [0.25, 0.3) is 5.91 Å². The maximum absolute atomic E-state index is 11.9. The second-order valence-electron chi connectivity index (χ2n) is 4.67. The molecule has 6 nitrogen and oxygen atoms in total. The predicted molar refractivity (Wildman–Crippen MR) is 69.9 cm³/mol. The Kier molecular flexibility index (Phi) is 2.98. The molecule has 2 aromatic rings. The van der Waals surface area contributed by atoms with Crippen LogP contribution in [0.1, 0.15) is 38.6 Å². The van der Waals surface area contributed by atoms with Crippen molar-refractivity contribution in [2.24, 2.45) is 0 Å². The van der Waals surface area contributed by atoms with Crippen LogP contribution in [0.3, 0.4) is 0 Å². The zero-order valence-electron chi connectivity index (χ0n) is 10.5. The number of nitrogens with zero attached hydrogens (tertiary/aromatic N) is 1. The highest BCUT2D eigenvalue weighted by molar-refractivity contribution is 6.03. The first-order valence-electron chi connectivity index (χ1n) is 6.26. The van der Waals surface area contributed by atoms with Crippen molar-refractivity contribution in [1.82, 2.24) is 5.16 Å². The lowest BCUT2D eigenvalue weighted by atomic mass is 10.1. The highest BCUT2D eigenvalue weighted by atomic mass is 16.5. The van der Waals surface area contributed by atoms with Crippen molar-refractivity contribution in [3.8, 4) is 0 Å². The van der Waals surface area contributed by atoms with Crippen LogP contribution in [0.15, 0.2) is 28.8 Å². The Balaban J connectivity index is 1.76. The van der Waals surface area contributed by atoms with Crippen LogP contribution in [0.2, 0.25) is 0 Å². The molecule has 0 fully saturated rings. The molecular formula is C14H12N2O4. The van der Waals surface area contributed by atoms with Crippen LogP contribution in [0.4, 0.5) is 5.69 Å². The van der Waals surface area contributed by atoms with Crippen molar-refractivity contribution in [2.45, 2.75) is 19.3 Å². The summed E-state index contributed by atoms with van der Waals surface area (Å²) in [5, 5.41) is 14.8. The summed E-state index contributed by atoms with van der Waals surface area (Å²) in [6.45, 7) is 0. The van der Waals surface area contributed by atoms with Crippen LogP contribution in [-0.4, -0.2) is 22.1 Å². The lowest BCUT2D eigenvalue weighted by Crippen LogP contribution is -2.12. The average molecular weight is 272 g/mol. The molecule has 1 heterocycles. The van der Waals surface area contributed by atoms with Crippen molar-refractivity contribution in [3.05, 3.63) is 46.8 Å². The molecule has 20 heavy (non-hydrogen) atoms. The predicted octanol–water partition coefficient (Wildman–Crippen LogP) is 2.11. The van der Waals surface area contributed by atoms with Crippen LogP contribution >= 0.6 is 0 Å². The fraction of sp³-hybridized carbons (Fsp3) is 0.214. The summed E-state index contributed by atoms with van der Waals surface area (Å²) in [5.41, 5.74) is 3.19. The molecule has 0 atom stereocenters. The number of aromatic carboxylic acids is 1. The molecule has 0 saturated heterocycles. The number of hydrogen-bond donors (Lipinski definition) is 2. The highest BCUT2D eigenvalue weighted by Gasteiger charge is 2.17. The number of carbonyl (C=O) groups excluding carboxylic acids is 1. The number of aryl methyl sites for hydroxylation is 2. The number of rotatable bonds is 3. The van der Waals surface area contributed by atoms with E-state index < -0.39 is 11.9 Å². The van der Waals surface area contributed by atoms with Gasteiger partial charge in [0.1, 0.15) is 0 Å². The van der Waals surface area contributed by atoms with Crippen LogP contribution in [0, 0.1) is 0 Å². The highest BCUT2D eigenvalue weighted by Crippen LogP contribution is 2.25. The number of anilines is 1. The van der Waals surface area contributed by atoms with Crippen molar-refractivity contribution >= 4 is 17.6 Å². The van der Waals surface area contributed by atoms with Gasteiger partial charge in [0.15, 0.2) is 5.69 Å². The van der Waals surface area contributed by atoms with Gasteiger partial charge in [-0.3, -0.25) is 4.79 Å². The molecule has 2 N–H and O–H groups in total. The van der Waals surface area contributed by atoms with Gasteiger partial charge < -0.3 is 14.9 Å². The van der Waals surface area contributed by atoms with Crippen molar-refractivity contribution in [2.75, 3.05) is 5.32 Å². The fourth-order valence-corrected chi connectivity index (χ4v) is 2.33. The van der Waals surface area contributed by atoms with E-state index in [1.807, 2.05) is 18.2 Å². The van der Waals surface area contributed by atoms with Crippen molar-refractivity contribution in [1.29, 1.82) is 0 Å². The van der Waals surface area contributed by atoms with E-state index in [2.05, 4.69) is 15.0 Å². The molecule has 1 aromatic heterocycles. The maximum Gasteiger partial charge on any atom is 0.374 e. The quantitative estimate of drug-likeness (QED) is 0.892. The van der Waals surface area contributed by atoms with E-state index in [-0.39, 0.29) is 11.5 Å². The molecule has 0 aliphatic heterocycles. The normalized spacial score (nSPS) is 13.0. The smallest absolute Gasteiger partial charge is 0.374 e. The number of nitrogens with one attached hydrogen (secondary N) is 1. The first-order valence-corrected chi connectivity index (χ1v) is 6.26. The second-order valence-corrected chi connectivity index (χ2v) is 4.67. The number of hydrogen-bond acceptors (Lipinski definition) is 4. The summed E-state index contributed by atoms with van der Waals surface area (Å²) in [7, 11) is 0. The second kappa shape index (κ2) is 4.80. The standard InChI is InChI=1S/C14H12N2O4/c17-13(11-7-12(14(18)19)20-16-11)15-10-5-4-8-2-1-3-9(8)6-10/h4-7H,1-3H2,(H,15,17)(H,18,19). The lowest BCUT2D eigenvalue weighted by Gasteiger charge is -2.05. The van der Waals surface area contributed by atoms with E-state index in [9.17, 15) is 9.59 Å². The van der Waals surface area contributed by atoms with Crippen LogP contribution in [-0.2, 0) is 12.8 Å². The monoisotopic (exact) mass is 272 g/mol. The molecular weight excluding hydrogens is 260 g/mol. The van der Waals surface area contributed by atoms with E-state index >= 15 is 0 Å². The van der Waals surface area contributed by atoms with E-state index in [1.54, 1.807) is 0 Å². The zero-order chi connectivity index (χ0) is 14.1. The molecule has 1 aliphatic rings. The van der Waals surface area contributed by atoms with Crippen LogP contribution < -0.4 is 5.32 Å². The number of aromatic nitrogens is 1. The number of fused-ring (bicyclic) bond motifs is 1. The number of benzene rings is 1. The van der Waals surface area contributed by atoms with E-state index in [0.29, 0.717) is 5.69 Å². The topological polar surface area (TPSA) is 92.4 Å². The van der Waals surface area contributed by atoms with Crippen LogP contribution in [0.25, 0.3) is 0 Å². The van der Waals surface area contributed by atoms with Gasteiger partial charge in [0.2, 0.25) is 5.76 Å². The summed E-state index contributed by atoms with van der Waals surface area (Å²) in [6.07, 6.45) is 3.24. The molecule has 0 saturated carbocycles. The first kappa shape index (κ1) is 12.4. The Morgan fingerprint density at radius 2 is 2.00 bits per heavy atom. The molecule has 0 bridgehead atoms. The Labute approximate surface area is 114 Å². The van der Waals surface area contributed by atoms with Gasteiger partial charge in [-0.2, -0.15) is 0 Å². The lowest BCUT2D eigenvalue weighted by molar-refractivity contribution is 0.0651. The summed E-state index contributed by atoms with van der Waals surface area (Å²) in [4.78, 5) is 22.6. The van der Waals surface area contributed by atoms with Gasteiger partial charge in [0, 0.05) is 11.8 Å². The molecule has 0 unspecified atom stereocenters. The SMILES string of the molecule is O=C(Nc1ccc2c(c1)CCC2)c1cc(C(=O)O)on1. The molecule has 1 amide bonds. The third-order valence-electron chi connectivity index (χ3n) is 3.31. The molecule has 0 radical (unpaired) electrons. The first-order chi connectivity index (χ1) is 9.63. The average Bonchev–Trinajstić information content (AvgIpc) is 3.07. The Morgan fingerprint density at radius 3 is 2.75 bits per heavy atom. The van der Waals surface area contributed by atoms with Crippen molar-refractivity contribution in [3.63, 3.8) is 0 Å². The molecule has 3 rings (SSSR count). The van der Waals surface area contributed by atoms with Gasteiger partial charge in [-0.25, -0.2) is 4.79 Å². The number of carboxylic acids is 1. The van der Waals surface area contributed by atoms with E-state index in [1.165, 1.54) is 11.1 Å². The Hall–Kier alpha value is -2.63. The van der Waals surface area contributed by atoms with Crippen LogP contribution in [0.5, 0.6) is 0 Å². The maximum atomic E-state index is 11.9. The number of carbonyl (C=O) groups is 2. The Morgan fingerprint density at radius 1 is 1.20 bits per heavy atom. The summed E-state index contributed by atoms with van der Waals surface area (Å²) in [5.74, 6) is -2.10. The third-order valence-corrected chi connectivity index (χ3v) is 3.31. The van der Waals surface area contributed by atoms with Crippen molar-refractivity contribution < 1.29 is 19.2 Å². The minimum absolute atomic E-state index is 0.0529. The van der Waals surface area contributed by atoms with E-state index in [4.69, 9.17) is 5.11 Å². The summed E-state index contributed by atoms with van der Waals surface area (Å²) in [6, 6.07) is 6.88. The minimum atomic E-state index is -1.26. The molecule has 1 aromatic carbocycles. The largest absolute Gasteiger partial charge is 0.475 e. The third kappa shape index (κ3) is 2.27. The minimum Gasteiger partial charge on any atom is -0.475 e. The van der Waals surface area contributed by atoms with Gasteiger partial charge >= 0.3 is 5.97 Å². The Bertz CT molecular complexity index is 690.